The first-order valence-corrected chi connectivity index (χ1v) is 5.67. The molecule has 0 N–H and O–H groups in total. The topological polar surface area (TPSA) is 29.5 Å². The SMILES string of the molecule is CC(=O)N1CCOC(c2ccc(Cl)cc2)C1. The zero-order valence-electron chi connectivity index (χ0n) is 9.15. The Kier molecular flexibility index (Phi) is 3.46. The lowest BCUT2D eigenvalue weighted by atomic mass is 10.1. The molecule has 1 aliphatic rings. The third-order valence-corrected chi connectivity index (χ3v) is 3.01. The van der Waals surface area contributed by atoms with E-state index in [1.165, 1.54) is 0 Å². The molecule has 4 heteroatoms. The van der Waals surface area contributed by atoms with Crippen LogP contribution in [0.25, 0.3) is 0 Å². The molecule has 0 spiro atoms. The minimum absolute atomic E-state index is 0.0325. The summed E-state index contributed by atoms with van der Waals surface area (Å²) in [5.41, 5.74) is 1.07. The fourth-order valence-corrected chi connectivity index (χ4v) is 1.94. The number of benzene rings is 1. The van der Waals surface area contributed by atoms with E-state index in [9.17, 15) is 4.79 Å². The summed E-state index contributed by atoms with van der Waals surface area (Å²) < 4.78 is 5.65. The third-order valence-electron chi connectivity index (χ3n) is 2.75. The molecule has 0 aliphatic carbocycles. The van der Waals surface area contributed by atoms with E-state index in [2.05, 4.69) is 0 Å². The van der Waals surface area contributed by atoms with E-state index in [1.54, 1.807) is 6.92 Å². The first-order chi connectivity index (χ1) is 7.66. The Balaban J connectivity index is 2.09. The van der Waals surface area contributed by atoms with Crippen molar-refractivity contribution in [2.45, 2.75) is 13.0 Å². The van der Waals surface area contributed by atoms with Gasteiger partial charge < -0.3 is 9.64 Å². The maximum absolute atomic E-state index is 11.3. The highest BCUT2D eigenvalue weighted by molar-refractivity contribution is 6.30. The molecule has 0 bridgehead atoms. The number of hydrogen-bond acceptors (Lipinski definition) is 2. The van der Waals surface area contributed by atoms with E-state index >= 15 is 0 Å². The van der Waals surface area contributed by atoms with Crippen molar-refractivity contribution >= 4 is 17.5 Å². The minimum atomic E-state index is -0.0325. The molecule has 0 aromatic heterocycles. The van der Waals surface area contributed by atoms with Crippen LogP contribution in [0.1, 0.15) is 18.6 Å². The second-order valence-electron chi connectivity index (χ2n) is 3.88. The number of carbonyl (C=O) groups is 1. The highest BCUT2D eigenvalue weighted by atomic mass is 35.5. The zero-order valence-corrected chi connectivity index (χ0v) is 9.91. The molecule has 1 unspecified atom stereocenters. The number of morpholine rings is 1. The summed E-state index contributed by atoms with van der Waals surface area (Å²) in [6.07, 6.45) is -0.0325. The van der Waals surface area contributed by atoms with Crippen molar-refractivity contribution in [3.63, 3.8) is 0 Å². The number of amides is 1. The van der Waals surface area contributed by atoms with Crippen molar-refractivity contribution in [2.75, 3.05) is 19.7 Å². The Morgan fingerprint density at radius 1 is 1.44 bits per heavy atom. The monoisotopic (exact) mass is 239 g/mol. The molecule has 1 aromatic rings. The average molecular weight is 240 g/mol. The van der Waals surface area contributed by atoms with Gasteiger partial charge in [0, 0.05) is 18.5 Å². The summed E-state index contributed by atoms with van der Waals surface area (Å²) in [4.78, 5) is 13.1. The Labute approximate surface area is 100.0 Å². The van der Waals surface area contributed by atoms with E-state index in [4.69, 9.17) is 16.3 Å². The van der Waals surface area contributed by atoms with Gasteiger partial charge in [0.15, 0.2) is 0 Å². The van der Waals surface area contributed by atoms with Gasteiger partial charge in [-0.3, -0.25) is 4.79 Å². The van der Waals surface area contributed by atoms with Crippen LogP contribution in [0.4, 0.5) is 0 Å². The summed E-state index contributed by atoms with van der Waals surface area (Å²) in [6, 6.07) is 7.56. The van der Waals surface area contributed by atoms with Gasteiger partial charge in [-0.2, -0.15) is 0 Å². The standard InChI is InChI=1S/C12H14ClNO2/c1-9(15)14-6-7-16-12(8-14)10-2-4-11(13)5-3-10/h2-5,12H,6-8H2,1H3. The zero-order chi connectivity index (χ0) is 11.5. The van der Waals surface area contributed by atoms with E-state index in [-0.39, 0.29) is 12.0 Å². The maximum atomic E-state index is 11.3. The van der Waals surface area contributed by atoms with Gasteiger partial charge in [-0.05, 0) is 17.7 Å². The van der Waals surface area contributed by atoms with Gasteiger partial charge in [0.25, 0.3) is 0 Å². The number of rotatable bonds is 1. The van der Waals surface area contributed by atoms with Gasteiger partial charge in [0.05, 0.1) is 13.2 Å². The van der Waals surface area contributed by atoms with Crippen molar-refractivity contribution in [3.05, 3.63) is 34.9 Å². The van der Waals surface area contributed by atoms with Crippen LogP contribution in [0.2, 0.25) is 5.02 Å². The van der Waals surface area contributed by atoms with Gasteiger partial charge in [-0.15, -0.1) is 0 Å². The lowest BCUT2D eigenvalue weighted by Crippen LogP contribution is -2.41. The number of nitrogens with zero attached hydrogens (tertiary/aromatic N) is 1. The van der Waals surface area contributed by atoms with Gasteiger partial charge >= 0.3 is 0 Å². The highest BCUT2D eigenvalue weighted by Crippen LogP contribution is 2.23. The Hall–Kier alpha value is -1.06. The fourth-order valence-electron chi connectivity index (χ4n) is 1.81. The second kappa shape index (κ2) is 4.85. The van der Waals surface area contributed by atoms with Crippen LogP contribution in [-0.4, -0.2) is 30.5 Å². The molecule has 1 saturated heterocycles. The van der Waals surface area contributed by atoms with Gasteiger partial charge in [0.2, 0.25) is 5.91 Å². The van der Waals surface area contributed by atoms with Crippen molar-refractivity contribution in [2.24, 2.45) is 0 Å². The smallest absolute Gasteiger partial charge is 0.219 e. The number of hydrogen-bond donors (Lipinski definition) is 0. The van der Waals surface area contributed by atoms with Crippen LogP contribution in [-0.2, 0) is 9.53 Å². The quantitative estimate of drug-likeness (QED) is 0.753. The normalized spacial score (nSPS) is 20.9. The molecule has 0 radical (unpaired) electrons. The molecule has 1 atom stereocenters. The molecule has 1 aliphatic heterocycles. The Morgan fingerprint density at radius 3 is 2.75 bits per heavy atom. The molecule has 2 rings (SSSR count). The molecule has 16 heavy (non-hydrogen) atoms. The van der Waals surface area contributed by atoms with Crippen LogP contribution in [0.15, 0.2) is 24.3 Å². The Bertz CT molecular complexity index is 377. The van der Waals surface area contributed by atoms with E-state index < -0.39 is 0 Å². The third kappa shape index (κ3) is 2.54. The predicted molar refractivity (Wildman–Crippen MR) is 62.4 cm³/mol. The second-order valence-corrected chi connectivity index (χ2v) is 4.31. The largest absolute Gasteiger partial charge is 0.370 e. The lowest BCUT2D eigenvalue weighted by molar-refractivity contribution is -0.136. The van der Waals surface area contributed by atoms with E-state index in [0.717, 1.165) is 5.56 Å². The first-order valence-electron chi connectivity index (χ1n) is 5.29. The molecular weight excluding hydrogens is 226 g/mol. The summed E-state index contributed by atoms with van der Waals surface area (Å²) >= 11 is 5.82. The lowest BCUT2D eigenvalue weighted by Gasteiger charge is -2.32. The van der Waals surface area contributed by atoms with Crippen LogP contribution >= 0.6 is 11.6 Å². The molecule has 3 nitrogen and oxygen atoms in total. The molecule has 0 saturated carbocycles. The van der Waals surface area contributed by atoms with Gasteiger partial charge in [-0.25, -0.2) is 0 Å². The van der Waals surface area contributed by atoms with E-state index in [0.29, 0.717) is 24.7 Å². The molecule has 1 amide bonds. The van der Waals surface area contributed by atoms with Crippen LogP contribution < -0.4 is 0 Å². The molecular formula is C12H14ClNO2. The summed E-state index contributed by atoms with van der Waals surface area (Å²) in [5.74, 6) is 0.0993. The molecule has 1 heterocycles. The number of halogens is 1. The van der Waals surface area contributed by atoms with Crippen LogP contribution in [0.3, 0.4) is 0 Å². The summed E-state index contributed by atoms with van der Waals surface area (Å²) in [5, 5.41) is 0.711. The van der Waals surface area contributed by atoms with Gasteiger partial charge in [-0.1, -0.05) is 23.7 Å². The summed E-state index contributed by atoms with van der Waals surface area (Å²) in [6.45, 7) is 3.48. The highest BCUT2D eigenvalue weighted by Gasteiger charge is 2.23. The predicted octanol–water partition coefficient (Wildman–Crippen LogP) is 2.26. The van der Waals surface area contributed by atoms with Crippen LogP contribution in [0.5, 0.6) is 0 Å². The fraction of sp³-hybridized carbons (Fsp3) is 0.417. The van der Waals surface area contributed by atoms with Crippen molar-refractivity contribution < 1.29 is 9.53 Å². The van der Waals surface area contributed by atoms with E-state index in [1.807, 2.05) is 29.2 Å². The minimum Gasteiger partial charge on any atom is -0.370 e. The van der Waals surface area contributed by atoms with Crippen molar-refractivity contribution in [3.8, 4) is 0 Å². The number of carbonyl (C=O) groups excluding carboxylic acids is 1. The van der Waals surface area contributed by atoms with Gasteiger partial charge in [0.1, 0.15) is 6.10 Å². The molecule has 1 fully saturated rings. The number of ether oxygens (including phenoxy) is 1. The molecule has 1 aromatic carbocycles. The summed E-state index contributed by atoms with van der Waals surface area (Å²) in [7, 11) is 0. The maximum Gasteiger partial charge on any atom is 0.219 e. The molecule has 86 valence electrons. The van der Waals surface area contributed by atoms with Crippen molar-refractivity contribution in [1.29, 1.82) is 0 Å². The first kappa shape index (κ1) is 11.4. The van der Waals surface area contributed by atoms with Crippen LogP contribution in [0, 0.1) is 0 Å². The average Bonchev–Trinajstić information content (AvgIpc) is 2.30. The Morgan fingerprint density at radius 2 is 2.12 bits per heavy atom. The van der Waals surface area contributed by atoms with Crippen molar-refractivity contribution in [1.82, 2.24) is 4.90 Å².